The highest BCUT2D eigenvalue weighted by atomic mass is 14.1. The van der Waals surface area contributed by atoms with Crippen LogP contribution in [0.4, 0.5) is 0 Å². The molecular formula is C10H20. The van der Waals surface area contributed by atoms with Gasteiger partial charge in [-0.1, -0.05) is 39.3 Å². The Morgan fingerprint density at radius 1 is 1.30 bits per heavy atom. The third-order valence-electron chi connectivity index (χ3n) is 2.16. The molecule has 10 heavy (non-hydrogen) atoms. The molecule has 0 radical (unpaired) electrons. The van der Waals surface area contributed by atoms with Gasteiger partial charge in [-0.25, -0.2) is 0 Å². The van der Waals surface area contributed by atoms with E-state index in [1.165, 1.54) is 12.0 Å². The maximum Gasteiger partial charge on any atom is -0.0236 e. The van der Waals surface area contributed by atoms with E-state index in [0.717, 1.165) is 11.8 Å². The molecule has 0 saturated carbocycles. The van der Waals surface area contributed by atoms with E-state index in [4.69, 9.17) is 0 Å². The summed E-state index contributed by atoms with van der Waals surface area (Å²) < 4.78 is 0. The largest absolute Gasteiger partial charge is 0.0825 e. The van der Waals surface area contributed by atoms with Crippen LogP contribution < -0.4 is 0 Å². The van der Waals surface area contributed by atoms with Crippen molar-refractivity contribution in [1.29, 1.82) is 0 Å². The predicted molar refractivity (Wildman–Crippen MR) is 48.1 cm³/mol. The van der Waals surface area contributed by atoms with Gasteiger partial charge in [0, 0.05) is 0 Å². The molecule has 0 fully saturated rings. The molecule has 0 aromatic rings. The Balaban J connectivity index is 3.86. The van der Waals surface area contributed by atoms with E-state index in [2.05, 4.69) is 40.7 Å². The maximum absolute atomic E-state index is 2.38. The molecule has 0 aromatic heterocycles. The Kier molecular flexibility index (Phi) is 4.42. The summed E-state index contributed by atoms with van der Waals surface area (Å²) in [5.74, 6) is 1.52. The molecule has 0 saturated heterocycles. The molecule has 0 amide bonds. The van der Waals surface area contributed by atoms with E-state index < -0.39 is 0 Å². The van der Waals surface area contributed by atoms with Crippen molar-refractivity contribution in [2.45, 2.75) is 41.0 Å². The second-order valence-electron chi connectivity index (χ2n) is 3.47. The number of hydrogen-bond donors (Lipinski definition) is 0. The Morgan fingerprint density at radius 3 is 2.10 bits per heavy atom. The van der Waals surface area contributed by atoms with Gasteiger partial charge in [0.2, 0.25) is 0 Å². The van der Waals surface area contributed by atoms with E-state index in [0.29, 0.717) is 0 Å². The molecule has 0 aliphatic heterocycles. The van der Waals surface area contributed by atoms with Gasteiger partial charge in [-0.05, 0) is 25.2 Å². The zero-order valence-electron chi connectivity index (χ0n) is 7.94. The van der Waals surface area contributed by atoms with Gasteiger partial charge in [-0.3, -0.25) is 0 Å². The lowest BCUT2D eigenvalue weighted by atomic mass is 9.95. The van der Waals surface area contributed by atoms with Crippen LogP contribution >= 0.6 is 0 Å². The monoisotopic (exact) mass is 140 g/mol. The lowest BCUT2D eigenvalue weighted by Crippen LogP contribution is -2.00. The van der Waals surface area contributed by atoms with Crippen LogP contribution in [0.25, 0.3) is 0 Å². The molecule has 0 heterocycles. The van der Waals surface area contributed by atoms with Gasteiger partial charge < -0.3 is 0 Å². The fourth-order valence-corrected chi connectivity index (χ4v) is 0.759. The van der Waals surface area contributed by atoms with Gasteiger partial charge in [-0.15, -0.1) is 0 Å². The molecule has 60 valence electrons. The molecule has 0 aromatic carbocycles. The van der Waals surface area contributed by atoms with E-state index >= 15 is 0 Å². The Labute approximate surface area is 65.3 Å². The van der Waals surface area contributed by atoms with Crippen molar-refractivity contribution in [3.05, 3.63) is 11.6 Å². The third-order valence-corrected chi connectivity index (χ3v) is 2.16. The van der Waals surface area contributed by atoms with Crippen molar-refractivity contribution in [3.63, 3.8) is 0 Å². The quantitative estimate of drug-likeness (QED) is 0.525. The minimum atomic E-state index is 0.736. The van der Waals surface area contributed by atoms with Gasteiger partial charge in [0.15, 0.2) is 0 Å². The van der Waals surface area contributed by atoms with E-state index in [9.17, 15) is 0 Å². The van der Waals surface area contributed by atoms with Crippen LogP contribution in [0, 0.1) is 11.8 Å². The van der Waals surface area contributed by atoms with Crippen molar-refractivity contribution in [3.8, 4) is 0 Å². The molecule has 0 spiro atoms. The zero-order chi connectivity index (χ0) is 8.15. The highest BCUT2D eigenvalue weighted by Gasteiger charge is 2.02. The first-order valence-corrected chi connectivity index (χ1v) is 4.25. The summed E-state index contributed by atoms with van der Waals surface area (Å²) in [5.41, 5.74) is 1.52. The van der Waals surface area contributed by atoms with Crippen LogP contribution in [0.3, 0.4) is 0 Å². The third kappa shape index (κ3) is 3.71. The van der Waals surface area contributed by atoms with Gasteiger partial charge in [-0.2, -0.15) is 0 Å². The summed E-state index contributed by atoms with van der Waals surface area (Å²) >= 11 is 0. The van der Waals surface area contributed by atoms with Gasteiger partial charge in [0.05, 0.1) is 0 Å². The minimum Gasteiger partial charge on any atom is -0.0825 e. The lowest BCUT2D eigenvalue weighted by Gasteiger charge is -2.11. The summed E-state index contributed by atoms with van der Waals surface area (Å²) in [5, 5.41) is 0. The molecule has 0 aliphatic carbocycles. The molecule has 1 atom stereocenters. The highest BCUT2D eigenvalue weighted by Crippen LogP contribution is 2.14. The SMILES string of the molecule is CCC(C)=CC(C)C(C)C. The molecule has 0 bridgehead atoms. The van der Waals surface area contributed by atoms with Crippen LogP contribution in [0.15, 0.2) is 11.6 Å². The van der Waals surface area contributed by atoms with Crippen LogP contribution in [-0.4, -0.2) is 0 Å². The van der Waals surface area contributed by atoms with Crippen LogP contribution in [0.5, 0.6) is 0 Å². The lowest BCUT2D eigenvalue weighted by molar-refractivity contribution is 0.501. The molecule has 0 heteroatoms. The average molecular weight is 140 g/mol. The first-order valence-electron chi connectivity index (χ1n) is 4.25. The average Bonchev–Trinajstić information content (AvgIpc) is 1.87. The number of rotatable bonds is 3. The highest BCUT2D eigenvalue weighted by molar-refractivity contribution is 4.99. The first-order chi connectivity index (χ1) is 4.57. The maximum atomic E-state index is 2.38. The van der Waals surface area contributed by atoms with Crippen LogP contribution in [0.1, 0.15) is 41.0 Å². The van der Waals surface area contributed by atoms with E-state index in [-0.39, 0.29) is 0 Å². The summed E-state index contributed by atoms with van der Waals surface area (Å²) in [4.78, 5) is 0. The second-order valence-corrected chi connectivity index (χ2v) is 3.47. The molecule has 0 nitrogen and oxygen atoms in total. The summed E-state index contributed by atoms with van der Waals surface area (Å²) in [6.07, 6.45) is 3.57. The molecular weight excluding hydrogens is 120 g/mol. The van der Waals surface area contributed by atoms with Crippen LogP contribution in [0.2, 0.25) is 0 Å². The van der Waals surface area contributed by atoms with Crippen molar-refractivity contribution >= 4 is 0 Å². The first kappa shape index (κ1) is 9.74. The van der Waals surface area contributed by atoms with Crippen molar-refractivity contribution in [2.24, 2.45) is 11.8 Å². The van der Waals surface area contributed by atoms with Crippen molar-refractivity contribution < 1.29 is 0 Å². The summed E-state index contributed by atoms with van der Waals surface area (Å²) in [6.45, 7) is 11.2. The molecule has 0 aliphatic rings. The van der Waals surface area contributed by atoms with E-state index in [1.54, 1.807) is 0 Å². The Morgan fingerprint density at radius 2 is 1.80 bits per heavy atom. The topological polar surface area (TPSA) is 0 Å². The molecule has 0 N–H and O–H groups in total. The van der Waals surface area contributed by atoms with Crippen molar-refractivity contribution in [2.75, 3.05) is 0 Å². The Bertz CT molecular complexity index is 109. The predicted octanol–water partition coefficient (Wildman–Crippen LogP) is 3.63. The smallest absolute Gasteiger partial charge is 0.0236 e. The van der Waals surface area contributed by atoms with E-state index in [1.807, 2.05) is 0 Å². The second kappa shape index (κ2) is 4.54. The van der Waals surface area contributed by atoms with Gasteiger partial charge in [0.25, 0.3) is 0 Å². The normalized spacial score (nSPS) is 16.0. The fourth-order valence-electron chi connectivity index (χ4n) is 0.759. The van der Waals surface area contributed by atoms with Gasteiger partial charge >= 0.3 is 0 Å². The number of hydrogen-bond acceptors (Lipinski definition) is 0. The number of allylic oxidation sites excluding steroid dienone is 2. The Hall–Kier alpha value is -0.260. The van der Waals surface area contributed by atoms with Crippen LogP contribution in [-0.2, 0) is 0 Å². The minimum absolute atomic E-state index is 0.736. The fraction of sp³-hybridized carbons (Fsp3) is 0.800. The summed E-state index contributed by atoms with van der Waals surface area (Å²) in [7, 11) is 0. The van der Waals surface area contributed by atoms with Gasteiger partial charge in [0.1, 0.15) is 0 Å². The summed E-state index contributed by atoms with van der Waals surface area (Å²) in [6, 6.07) is 0. The molecule has 1 unspecified atom stereocenters. The standard InChI is InChI=1S/C10H20/c1-6-9(4)7-10(5)8(2)3/h7-8,10H,6H2,1-5H3. The zero-order valence-corrected chi connectivity index (χ0v) is 7.94. The molecule has 0 rings (SSSR count). The van der Waals surface area contributed by atoms with Crippen molar-refractivity contribution in [1.82, 2.24) is 0 Å².